The van der Waals surface area contributed by atoms with Crippen LogP contribution in [-0.2, 0) is 11.2 Å². The molecule has 1 aromatic rings. The first-order valence-electron chi connectivity index (χ1n) is 5.12. The van der Waals surface area contributed by atoms with Crippen molar-refractivity contribution in [3.63, 3.8) is 0 Å². The van der Waals surface area contributed by atoms with Crippen LogP contribution in [0.15, 0.2) is 16.8 Å². The lowest BCUT2D eigenvalue weighted by molar-refractivity contribution is -0.131. The molecule has 0 aliphatic heterocycles. The number of aryl methyl sites for hydroxylation is 1. The van der Waals surface area contributed by atoms with Crippen LogP contribution in [0, 0.1) is 0 Å². The van der Waals surface area contributed by atoms with E-state index in [-0.39, 0.29) is 11.9 Å². The third-order valence-electron chi connectivity index (χ3n) is 2.60. The molecule has 0 aliphatic carbocycles. The van der Waals surface area contributed by atoms with E-state index >= 15 is 0 Å². The largest absolute Gasteiger partial charge is 0.342 e. The van der Waals surface area contributed by atoms with E-state index in [1.54, 1.807) is 16.2 Å². The van der Waals surface area contributed by atoms with Gasteiger partial charge in [0.2, 0.25) is 5.91 Å². The molecule has 0 saturated carbocycles. The highest BCUT2D eigenvalue weighted by Gasteiger charge is 2.13. The van der Waals surface area contributed by atoms with Crippen LogP contribution in [0.2, 0.25) is 0 Å². The highest BCUT2D eigenvalue weighted by molar-refractivity contribution is 7.07. The molecule has 84 valence electrons. The molecule has 3 nitrogen and oxygen atoms in total. The molecule has 2 N–H and O–H groups in total. The van der Waals surface area contributed by atoms with E-state index in [4.69, 9.17) is 5.73 Å². The van der Waals surface area contributed by atoms with Gasteiger partial charge in [-0.3, -0.25) is 4.79 Å². The summed E-state index contributed by atoms with van der Waals surface area (Å²) in [6.45, 7) is 2.48. The Kier molecular flexibility index (Phi) is 4.78. The van der Waals surface area contributed by atoms with E-state index in [0.29, 0.717) is 13.0 Å². The topological polar surface area (TPSA) is 46.3 Å². The predicted octanol–water partition coefficient (Wildman–Crippen LogP) is 1.49. The van der Waals surface area contributed by atoms with E-state index in [1.807, 2.05) is 19.4 Å². The molecule has 0 aliphatic rings. The summed E-state index contributed by atoms with van der Waals surface area (Å²) in [6.07, 6.45) is 1.39. The average molecular weight is 226 g/mol. The number of rotatable bonds is 5. The van der Waals surface area contributed by atoms with E-state index in [0.717, 1.165) is 6.42 Å². The molecule has 15 heavy (non-hydrogen) atoms. The highest BCUT2D eigenvalue weighted by atomic mass is 32.1. The van der Waals surface area contributed by atoms with Crippen molar-refractivity contribution in [3.05, 3.63) is 22.4 Å². The van der Waals surface area contributed by atoms with Crippen LogP contribution in [0.5, 0.6) is 0 Å². The quantitative estimate of drug-likeness (QED) is 0.826. The molecule has 1 heterocycles. The molecule has 4 heteroatoms. The van der Waals surface area contributed by atoms with Crippen molar-refractivity contribution in [3.8, 4) is 0 Å². The number of carbonyl (C=O) groups is 1. The van der Waals surface area contributed by atoms with Gasteiger partial charge in [0, 0.05) is 26.1 Å². The predicted molar refractivity (Wildman–Crippen MR) is 63.9 cm³/mol. The number of hydrogen-bond acceptors (Lipinski definition) is 3. The van der Waals surface area contributed by atoms with Crippen molar-refractivity contribution in [2.45, 2.75) is 25.8 Å². The molecule has 0 saturated heterocycles. The summed E-state index contributed by atoms with van der Waals surface area (Å²) in [5.74, 6) is 0.166. The van der Waals surface area contributed by atoms with Crippen molar-refractivity contribution < 1.29 is 4.79 Å². The summed E-state index contributed by atoms with van der Waals surface area (Å²) < 4.78 is 0. The van der Waals surface area contributed by atoms with Crippen LogP contribution in [0.4, 0.5) is 0 Å². The summed E-state index contributed by atoms with van der Waals surface area (Å²) in [4.78, 5) is 13.4. The standard InChI is InChI=1S/C11H18N2OS/c1-9(7-12)13(2)11(14)4-3-10-5-6-15-8-10/h5-6,8-9H,3-4,7,12H2,1-2H3/t9-/m1/s1. The van der Waals surface area contributed by atoms with Gasteiger partial charge >= 0.3 is 0 Å². The van der Waals surface area contributed by atoms with Crippen LogP contribution in [-0.4, -0.2) is 30.4 Å². The molecule has 1 aromatic heterocycles. The van der Waals surface area contributed by atoms with Gasteiger partial charge in [-0.15, -0.1) is 0 Å². The number of nitrogens with two attached hydrogens (primary N) is 1. The summed E-state index contributed by atoms with van der Waals surface area (Å²) in [5.41, 5.74) is 6.75. The third kappa shape index (κ3) is 3.64. The maximum atomic E-state index is 11.7. The fraction of sp³-hybridized carbons (Fsp3) is 0.545. The highest BCUT2D eigenvalue weighted by Crippen LogP contribution is 2.09. The third-order valence-corrected chi connectivity index (χ3v) is 3.34. The van der Waals surface area contributed by atoms with E-state index < -0.39 is 0 Å². The van der Waals surface area contributed by atoms with Crippen LogP contribution < -0.4 is 5.73 Å². The van der Waals surface area contributed by atoms with E-state index in [2.05, 4.69) is 11.4 Å². The second-order valence-corrected chi connectivity index (χ2v) is 4.50. The van der Waals surface area contributed by atoms with Crippen LogP contribution in [0.25, 0.3) is 0 Å². The Morgan fingerprint density at radius 3 is 2.93 bits per heavy atom. The van der Waals surface area contributed by atoms with Crippen molar-refractivity contribution in [1.29, 1.82) is 0 Å². The minimum Gasteiger partial charge on any atom is -0.342 e. The molecule has 0 radical (unpaired) electrons. The Bertz CT molecular complexity index is 298. The number of nitrogens with zero attached hydrogens (tertiary/aromatic N) is 1. The van der Waals surface area contributed by atoms with Gasteiger partial charge in [0.15, 0.2) is 0 Å². The zero-order valence-electron chi connectivity index (χ0n) is 9.27. The van der Waals surface area contributed by atoms with Crippen LogP contribution in [0.1, 0.15) is 18.9 Å². The number of hydrogen-bond donors (Lipinski definition) is 1. The van der Waals surface area contributed by atoms with Crippen molar-refractivity contribution in [1.82, 2.24) is 4.90 Å². The lowest BCUT2D eigenvalue weighted by Crippen LogP contribution is -2.39. The SMILES string of the molecule is C[C@H](CN)N(C)C(=O)CCc1ccsc1. The fourth-order valence-corrected chi connectivity index (χ4v) is 1.97. The minimum absolute atomic E-state index is 0.125. The number of thiophene rings is 1. The monoisotopic (exact) mass is 226 g/mol. The summed E-state index contributed by atoms with van der Waals surface area (Å²) in [6, 6.07) is 2.18. The smallest absolute Gasteiger partial charge is 0.222 e. The van der Waals surface area contributed by atoms with Gasteiger partial charge < -0.3 is 10.6 Å². The van der Waals surface area contributed by atoms with Gasteiger partial charge in [-0.2, -0.15) is 11.3 Å². The zero-order valence-corrected chi connectivity index (χ0v) is 10.1. The zero-order chi connectivity index (χ0) is 11.3. The summed E-state index contributed by atoms with van der Waals surface area (Å²) in [7, 11) is 1.81. The lowest BCUT2D eigenvalue weighted by Gasteiger charge is -2.23. The molecule has 0 aromatic carbocycles. The first-order valence-corrected chi connectivity index (χ1v) is 6.06. The Morgan fingerprint density at radius 2 is 2.40 bits per heavy atom. The normalized spacial score (nSPS) is 12.5. The molecule has 0 bridgehead atoms. The molecule has 0 spiro atoms. The summed E-state index contributed by atoms with van der Waals surface area (Å²) >= 11 is 1.67. The van der Waals surface area contributed by atoms with Crippen molar-refractivity contribution in [2.24, 2.45) is 5.73 Å². The number of carbonyl (C=O) groups excluding carboxylic acids is 1. The van der Waals surface area contributed by atoms with Crippen molar-refractivity contribution in [2.75, 3.05) is 13.6 Å². The Morgan fingerprint density at radius 1 is 1.67 bits per heavy atom. The van der Waals surface area contributed by atoms with Gasteiger partial charge in [0.25, 0.3) is 0 Å². The molecule has 0 fully saturated rings. The Hall–Kier alpha value is -0.870. The fourth-order valence-electron chi connectivity index (χ4n) is 1.27. The first kappa shape index (κ1) is 12.2. The molecule has 1 rings (SSSR count). The maximum Gasteiger partial charge on any atom is 0.222 e. The van der Waals surface area contributed by atoms with Gasteiger partial charge in [0.1, 0.15) is 0 Å². The lowest BCUT2D eigenvalue weighted by atomic mass is 10.1. The Balaban J connectivity index is 2.36. The average Bonchev–Trinajstić information content (AvgIpc) is 2.76. The van der Waals surface area contributed by atoms with E-state index in [9.17, 15) is 4.79 Å². The second-order valence-electron chi connectivity index (χ2n) is 3.72. The van der Waals surface area contributed by atoms with Crippen LogP contribution in [0.3, 0.4) is 0 Å². The van der Waals surface area contributed by atoms with Crippen molar-refractivity contribution >= 4 is 17.2 Å². The van der Waals surface area contributed by atoms with Gasteiger partial charge in [-0.25, -0.2) is 0 Å². The molecule has 1 amide bonds. The van der Waals surface area contributed by atoms with E-state index in [1.165, 1.54) is 5.56 Å². The maximum absolute atomic E-state index is 11.7. The second kappa shape index (κ2) is 5.88. The first-order chi connectivity index (χ1) is 7.15. The van der Waals surface area contributed by atoms with Gasteiger partial charge in [0.05, 0.1) is 0 Å². The van der Waals surface area contributed by atoms with Gasteiger partial charge in [-0.05, 0) is 35.7 Å². The molecular weight excluding hydrogens is 208 g/mol. The van der Waals surface area contributed by atoms with Gasteiger partial charge in [-0.1, -0.05) is 0 Å². The molecular formula is C11H18N2OS. The minimum atomic E-state index is 0.125. The number of amides is 1. The molecule has 0 unspecified atom stereocenters. The Labute approximate surface area is 94.9 Å². The van der Waals surface area contributed by atoms with Crippen LogP contribution >= 0.6 is 11.3 Å². The number of likely N-dealkylation sites (N-methyl/N-ethyl adjacent to an activating group) is 1. The summed E-state index contributed by atoms with van der Waals surface area (Å²) in [5, 5.41) is 4.12. The molecule has 1 atom stereocenters.